The number of nitrogens with zero attached hydrogens (tertiary/aromatic N) is 3. The smallest absolute Gasteiger partial charge is 0.227 e. The van der Waals surface area contributed by atoms with E-state index in [0.717, 1.165) is 19.5 Å². The highest BCUT2D eigenvalue weighted by molar-refractivity contribution is 7.88. The Bertz CT molecular complexity index is 990. The molecule has 166 valence electrons. The van der Waals surface area contributed by atoms with E-state index in [-0.39, 0.29) is 24.1 Å². The van der Waals surface area contributed by atoms with E-state index in [1.54, 1.807) is 24.3 Å². The van der Waals surface area contributed by atoms with Gasteiger partial charge in [0.25, 0.3) is 0 Å². The fraction of sp³-hybridized carbons (Fsp3) is 0.435. The van der Waals surface area contributed by atoms with Crippen LogP contribution >= 0.6 is 11.6 Å². The molecule has 31 heavy (non-hydrogen) atoms. The average Bonchev–Trinajstić information content (AvgIpc) is 2.81. The maximum atomic E-state index is 13.1. The Kier molecular flexibility index (Phi) is 6.84. The average molecular weight is 462 g/mol. The maximum absolute atomic E-state index is 13.1. The number of anilines is 1. The second-order valence-corrected chi connectivity index (χ2v) is 10.6. The third kappa shape index (κ3) is 5.40. The molecule has 2 aromatic rings. The molecule has 0 spiro atoms. The lowest BCUT2D eigenvalue weighted by Gasteiger charge is -2.39. The molecule has 0 N–H and O–H groups in total. The first kappa shape index (κ1) is 22.1. The van der Waals surface area contributed by atoms with Crippen LogP contribution in [0.2, 0.25) is 5.02 Å². The first-order valence-electron chi connectivity index (χ1n) is 10.7. The van der Waals surface area contributed by atoms with Crippen molar-refractivity contribution in [3.05, 3.63) is 65.2 Å². The molecule has 8 heteroatoms. The molecule has 2 aliphatic heterocycles. The number of hydrogen-bond acceptors (Lipinski definition) is 4. The maximum Gasteiger partial charge on any atom is 0.227 e. The van der Waals surface area contributed by atoms with Crippen molar-refractivity contribution in [1.29, 1.82) is 0 Å². The summed E-state index contributed by atoms with van der Waals surface area (Å²) >= 11 is 5.90. The fourth-order valence-electron chi connectivity index (χ4n) is 4.36. The third-order valence-corrected chi connectivity index (χ3v) is 8.17. The molecule has 2 aliphatic rings. The van der Waals surface area contributed by atoms with E-state index in [1.165, 1.54) is 9.99 Å². The number of piperazine rings is 1. The van der Waals surface area contributed by atoms with Gasteiger partial charge in [-0.3, -0.25) is 4.79 Å². The molecule has 2 heterocycles. The number of hydrogen-bond donors (Lipinski definition) is 0. The lowest BCUT2D eigenvalue weighted by atomic mass is 9.97. The van der Waals surface area contributed by atoms with Crippen LogP contribution in [0.1, 0.15) is 18.4 Å². The normalized spacial score (nSPS) is 20.6. The molecule has 2 aromatic carbocycles. The Morgan fingerprint density at radius 3 is 2.29 bits per heavy atom. The Hall–Kier alpha value is -2.09. The van der Waals surface area contributed by atoms with Gasteiger partial charge in [-0.05, 0) is 42.7 Å². The first-order valence-corrected chi connectivity index (χ1v) is 12.7. The standard InChI is InChI=1S/C23H28ClN3O3S/c24-21-10-8-19(9-11-21)18-31(29,30)27-12-4-5-20(17-27)23(28)26-15-13-25(14-16-26)22-6-2-1-3-7-22/h1-3,6-11,20H,4-5,12-18H2/t20-/m1/s1. The van der Waals surface area contributed by atoms with E-state index in [2.05, 4.69) is 17.0 Å². The van der Waals surface area contributed by atoms with Crippen LogP contribution in [0.3, 0.4) is 0 Å². The number of benzene rings is 2. The summed E-state index contributed by atoms with van der Waals surface area (Å²) in [5.41, 5.74) is 1.88. The second kappa shape index (κ2) is 9.59. The third-order valence-electron chi connectivity index (χ3n) is 6.10. The van der Waals surface area contributed by atoms with Crippen molar-refractivity contribution in [1.82, 2.24) is 9.21 Å². The highest BCUT2D eigenvalue weighted by atomic mass is 35.5. The minimum atomic E-state index is -3.48. The lowest BCUT2D eigenvalue weighted by Crippen LogP contribution is -2.53. The SMILES string of the molecule is O=C([C@@H]1CCCN(S(=O)(=O)Cc2ccc(Cl)cc2)C1)N1CCN(c2ccccc2)CC1. The van der Waals surface area contributed by atoms with E-state index < -0.39 is 10.0 Å². The van der Waals surface area contributed by atoms with Crippen LogP contribution in [-0.2, 0) is 20.6 Å². The summed E-state index contributed by atoms with van der Waals surface area (Å²) in [7, 11) is -3.48. The minimum Gasteiger partial charge on any atom is -0.368 e. The molecule has 0 bridgehead atoms. The zero-order valence-electron chi connectivity index (χ0n) is 17.5. The van der Waals surface area contributed by atoms with Crippen molar-refractivity contribution < 1.29 is 13.2 Å². The topological polar surface area (TPSA) is 60.9 Å². The first-order chi connectivity index (χ1) is 14.9. The van der Waals surface area contributed by atoms with E-state index >= 15 is 0 Å². The van der Waals surface area contributed by atoms with Gasteiger partial charge in [-0.25, -0.2) is 12.7 Å². The summed E-state index contributed by atoms with van der Waals surface area (Å²) in [4.78, 5) is 17.3. The van der Waals surface area contributed by atoms with Crippen molar-refractivity contribution in [2.75, 3.05) is 44.2 Å². The Labute approximate surface area is 189 Å². The van der Waals surface area contributed by atoms with E-state index in [9.17, 15) is 13.2 Å². The molecule has 1 amide bonds. The van der Waals surface area contributed by atoms with Crippen LogP contribution < -0.4 is 4.90 Å². The highest BCUT2D eigenvalue weighted by Gasteiger charge is 2.35. The van der Waals surface area contributed by atoms with E-state index in [0.29, 0.717) is 36.6 Å². The van der Waals surface area contributed by atoms with Crippen molar-refractivity contribution in [3.8, 4) is 0 Å². The number of sulfonamides is 1. The molecule has 0 aliphatic carbocycles. The van der Waals surface area contributed by atoms with Gasteiger partial charge in [-0.2, -0.15) is 0 Å². The molecular weight excluding hydrogens is 434 g/mol. The van der Waals surface area contributed by atoms with Crippen LogP contribution in [0.4, 0.5) is 5.69 Å². The molecule has 6 nitrogen and oxygen atoms in total. The van der Waals surface area contributed by atoms with Gasteiger partial charge in [-0.1, -0.05) is 41.9 Å². The summed E-state index contributed by atoms with van der Waals surface area (Å²) in [6, 6.07) is 17.1. The number of rotatable bonds is 5. The fourth-order valence-corrected chi connectivity index (χ4v) is 6.10. The number of piperidine rings is 1. The summed E-state index contributed by atoms with van der Waals surface area (Å²) in [6.07, 6.45) is 1.45. The molecule has 0 unspecified atom stereocenters. The minimum absolute atomic E-state index is 0.0686. The summed E-state index contributed by atoms with van der Waals surface area (Å²) in [5, 5.41) is 0.581. The number of halogens is 1. The van der Waals surface area contributed by atoms with Gasteiger partial charge in [0.2, 0.25) is 15.9 Å². The molecule has 2 fully saturated rings. The van der Waals surface area contributed by atoms with Gasteiger partial charge in [0.15, 0.2) is 0 Å². The lowest BCUT2D eigenvalue weighted by molar-refractivity contribution is -0.137. The van der Waals surface area contributed by atoms with Gasteiger partial charge in [0, 0.05) is 50.0 Å². The Balaban J connectivity index is 1.35. The monoisotopic (exact) mass is 461 g/mol. The summed E-state index contributed by atoms with van der Waals surface area (Å²) in [5.74, 6) is -0.253. The quantitative estimate of drug-likeness (QED) is 0.685. The van der Waals surface area contributed by atoms with Gasteiger partial charge in [0.1, 0.15) is 0 Å². The highest BCUT2D eigenvalue weighted by Crippen LogP contribution is 2.25. The number of carbonyl (C=O) groups is 1. The molecule has 2 saturated heterocycles. The molecule has 0 aromatic heterocycles. The van der Waals surface area contributed by atoms with Crippen LogP contribution in [0.15, 0.2) is 54.6 Å². The van der Waals surface area contributed by atoms with Gasteiger partial charge in [0.05, 0.1) is 11.7 Å². The van der Waals surface area contributed by atoms with E-state index in [1.807, 2.05) is 23.1 Å². The second-order valence-electron chi connectivity index (χ2n) is 8.23. The number of carbonyl (C=O) groups excluding carboxylic acids is 1. The predicted molar refractivity (Wildman–Crippen MR) is 124 cm³/mol. The number of para-hydroxylation sites is 1. The molecular formula is C23H28ClN3O3S. The predicted octanol–water partition coefficient (Wildman–Crippen LogP) is 3.23. The zero-order chi connectivity index (χ0) is 21.8. The molecule has 0 radical (unpaired) electrons. The van der Waals surface area contributed by atoms with Crippen molar-refractivity contribution in [3.63, 3.8) is 0 Å². The molecule has 0 saturated carbocycles. The number of amides is 1. The van der Waals surface area contributed by atoms with Gasteiger partial charge >= 0.3 is 0 Å². The van der Waals surface area contributed by atoms with Gasteiger partial charge < -0.3 is 9.80 Å². The summed E-state index contributed by atoms with van der Waals surface area (Å²) in [6.45, 7) is 3.67. The largest absolute Gasteiger partial charge is 0.368 e. The van der Waals surface area contributed by atoms with Crippen LogP contribution in [0.5, 0.6) is 0 Å². The summed E-state index contributed by atoms with van der Waals surface area (Å²) < 4.78 is 27.4. The van der Waals surface area contributed by atoms with Crippen molar-refractivity contribution in [2.24, 2.45) is 5.92 Å². The van der Waals surface area contributed by atoms with Crippen LogP contribution in [-0.4, -0.2) is 62.8 Å². The van der Waals surface area contributed by atoms with Crippen LogP contribution in [0.25, 0.3) is 0 Å². The molecule has 1 atom stereocenters. The molecule has 4 rings (SSSR count). The van der Waals surface area contributed by atoms with Crippen LogP contribution in [0, 0.1) is 5.92 Å². The van der Waals surface area contributed by atoms with E-state index in [4.69, 9.17) is 11.6 Å². The van der Waals surface area contributed by atoms with Crippen molar-refractivity contribution in [2.45, 2.75) is 18.6 Å². The Morgan fingerprint density at radius 1 is 0.935 bits per heavy atom. The Morgan fingerprint density at radius 2 is 1.61 bits per heavy atom. The van der Waals surface area contributed by atoms with Gasteiger partial charge in [-0.15, -0.1) is 0 Å². The zero-order valence-corrected chi connectivity index (χ0v) is 19.1. The van der Waals surface area contributed by atoms with Crippen molar-refractivity contribution >= 4 is 33.2 Å².